The van der Waals surface area contributed by atoms with Crippen LogP contribution in [0.4, 0.5) is 5.69 Å². The van der Waals surface area contributed by atoms with Crippen LogP contribution in [0, 0.1) is 11.7 Å². The lowest BCUT2D eigenvalue weighted by molar-refractivity contribution is 0.402. The molecule has 1 aromatic heterocycles. The minimum atomic E-state index is -0.457. The van der Waals surface area contributed by atoms with Gasteiger partial charge in [-0.3, -0.25) is 19.8 Å². The first-order chi connectivity index (χ1) is 13.1. The topological polar surface area (TPSA) is 82.4 Å². The summed E-state index contributed by atoms with van der Waals surface area (Å²) in [5.41, 5.74) is 5.77. The van der Waals surface area contributed by atoms with Gasteiger partial charge in [0, 0.05) is 6.54 Å². The van der Waals surface area contributed by atoms with Crippen molar-refractivity contribution in [3.63, 3.8) is 0 Å². The lowest BCUT2D eigenvalue weighted by Gasteiger charge is -2.15. The van der Waals surface area contributed by atoms with E-state index in [1.807, 2.05) is 31.2 Å². The van der Waals surface area contributed by atoms with Crippen molar-refractivity contribution in [3.05, 3.63) is 62.2 Å². The van der Waals surface area contributed by atoms with Crippen LogP contribution in [0.5, 0.6) is 5.88 Å². The number of anilines is 1. The Morgan fingerprint density at radius 1 is 1.37 bits per heavy atom. The first-order valence-corrected chi connectivity index (χ1v) is 9.56. The zero-order chi connectivity index (χ0) is 19.2. The summed E-state index contributed by atoms with van der Waals surface area (Å²) >= 11 is 5.23. The van der Waals surface area contributed by atoms with Crippen molar-refractivity contribution in [2.75, 3.05) is 5.43 Å². The van der Waals surface area contributed by atoms with Crippen molar-refractivity contribution in [2.24, 2.45) is 5.10 Å². The Balaban J connectivity index is 1.80. The number of para-hydroxylation sites is 1. The third-order valence-corrected chi connectivity index (χ3v) is 5.09. The number of allylic oxidation sites excluding steroid dienone is 2. The Hall–Kier alpha value is -2.67. The molecule has 0 fully saturated rings. The first kappa shape index (κ1) is 19.1. The van der Waals surface area contributed by atoms with E-state index in [9.17, 15) is 9.90 Å². The van der Waals surface area contributed by atoms with Crippen LogP contribution in [0.3, 0.4) is 0 Å². The zero-order valence-corrected chi connectivity index (χ0v) is 16.2. The summed E-state index contributed by atoms with van der Waals surface area (Å²) in [6, 6.07) is 7.69. The highest BCUT2D eigenvalue weighted by molar-refractivity contribution is 7.71. The third-order valence-electron chi connectivity index (χ3n) is 4.77. The number of nitrogens with zero attached hydrogens (tertiary/aromatic N) is 2. The Labute approximate surface area is 163 Å². The molecule has 0 unspecified atom stereocenters. The highest BCUT2D eigenvalue weighted by atomic mass is 32.1. The number of hydrogen-bond donors (Lipinski definition) is 3. The number of benzene rings is 1. The van der Waals surface area contributed by atoms with Crippen molar-refractivity contribution < 1.29 is 5.11 Å². The van der Waals surface area contributed by atoms with E-state index in [-0.39, 0.29) is 16.2 Å². The highest BCUT2D eigenvalue weighted by Crippen LogP contribution is 2.22. The van der Waals surface area contributed by atoms with Crippen LogP contribution in [-0.2, 0) is 6.54 Å². The maximum atomic E-state index is 12.2. The Bertz CT molecular complexity index is 988. The number of aromatic hydroxyl groups is 1. The molecule has 1 aromatic carbocycles. The average molecular weight is 385 g/mol. The first-order valence-electron chi connectivity index (χ1n) is 9.15. The van der Waals surface area contributed by atoms with E-state index in [2.05, 4.69) is 21.6 Å². The SMILES string of the molecule is Cc1ccccc1NN=Cc1c(O)n(CCC2=CCCCC2)c(=S)[nH]c1=O. The van der Waals surface area contributed by atoms with Gasteiger partial charge < -0.3 is 5.11 Å². The van der Waals surface area contributed by atoms with Gasteiger partial charge in [-0.25, -0.2) is 0 Å². The van der Waals surface area contributed by atoms with Crippen LogP contribution >= 0.6 is 12.2 Å². The molecule has 0 saturated heterocycles. The summed E-state index contributed by atoms with van der Waals surface area (Å²) in [6.07, 6.45) is 9.05. The van der Waals surface area contributed by atoms with Gasteiger partial charge >= 0.3 is 0 Å². The molecule has 3 N–H and O–H groups in total. The smallest absolute Gasteiger partial charge is 0.264 e. The normalized spacial score (nSPS) is 14.3. The molecule has 0 aliphatic heterocycles. The molecular weight excluding hydrogens is 360 g/mol. The van der Waals surface area contributed by atoms with Crippen molar-refractivity contribution in [1.82, 2.24) is 9.55 Å². The molecule has 6 nitrogen and oxygen atoms in total. The lowest BCUT2D eigenvalue weighted by Crippen LogP contribution is -2.19. The van der Waals surface area contributed by atoms with Crippen molar-refractivity contribution in [3.8, 4) is 5.88 Å². The number of rotatable bonds is 6. The predicted molar refractivity (Wildman–Crippen MR) is 111 cm³/mol. The monoisotopic (exact) mass is 384 g/mol. The molecular formula is C20H24N4O2S. The summed E-state index contributed by atoms with van der Waals surface area (Å²) in [5.74, 6) is -0.157. The second kappa shape index (κ2) is 8.81. The molecule has 3 rings (SSSR count). The van der Waals surface area contributed by atoms with Crippen LogP contribution in [0.15, 0.2) is 45.8 Å². The molecule has 0 radical (unpaired) electrons. The largest absolute Gasteiger partial charge is 0.494 e. The number of hydrazone groups is 1. The van der Waals surface area contributed by atoms with Crippen molar-refractivity contribution in [2.45, 2.75) is 45.6 Å². The summed E-state index contributed by atoms with van der Waals surface area (Å²) in [6.45, 7) is 2.49. The van der Waals surface area contributed by atoms with Gasteiger partial charge in [-0.15, -0.1) is 0 Å². The molecule has 0 bridgehead atoms. The van der Waals surface area contributed by atoms with Crippen LogP contribution in [-0.4, -0.2) is 20.9 Å². The number of aryl methyl sites for hydroxylation is 1. The summed E-state index contributed by atoms with van der Waals surface area (Å²) in [7, 11) is 0. The fraction of sp³-hybridized carbons (Fsp3) is 0.350. The van der Waals surface area contributed by atoms with Gasteiger partial charge in [0.05, 0.1) is 11.9 Å². The standard InChI is InChI=1S/C20H24N4O2S/c1-14-7-5-6-10-17(14)23-21-13-16-18(25)22-20(27)24(19(16)26)12-11-15-8-3-2-4-9-15/h5-8,10,13,23,26H,2-4,9,11-12H2,1H3,(H,22,25,27). The second-order valence-corrected chi connectivity index (χ2v) is 7.08. The fourth-order valence-electron chi connectivity index (χ4n) is 3.15. The minimum Gasteiger partial charge on any atom is -0.494 e. The quantitative estimate of drug-likeness (QED) is 0.301. The summed E-state index contributed by atoms with van der Waals surface area (Å²) in [4.78, 5) is 14.8. The lowest BCUT2D eigenvalue weighted by atomic mass is 9.97. The Kier molecular flexibility index (Phi) is 6.24. The maximum Gasteiger partial charge on any atom is 0.264 e. The van der Waals surface area contributed by atoms with Crippen LogP contribution < -0.4 is 11.0 Å². The van der Waals surface area contributed by atoms with E-state index < -0.39 is 5.56 Å². The van der Waals surface area contributed by atoms with Gasteiger partial charge in [-0.1, -0.05) is 29.8 Å². The van der Waals surface area contributed by atoms with E-state index in [1.54, 1.807) is 4.57 Å². The molecule has 1 heterocycles. The van der Waals surface area contributed by atoms with Gasteiger partial charge in [0.15, 0.2) is 4.77 Å². The summed E-state index contributed by atoms with van der Waals surface area (Å²) < 4.78 is 1.78. The number of hydrogen-bond acceptors (Lipinski definition) is 5. The highest BCUT2D eigenvalue weighted by Gasteiger charge is 2.12. The van der Waals surface area contributed by atoms with Gasteiger partial charge in [-0.05, 0) is 62.9 Å². The van der Waals surface area contributed by atoms with Gasteiger partial charge in [0.1, 0.15) is 5.56 Å². The number of aromatic amines is 1. The molecule has 27 heavy (non-hydrogen) atoms. The number of H-pyrrole nitrogens is 1. The van der Waals surface area contributed by atoms with Gasteiger partial charge in [0.25, 0.3) is 5.56 Å². The van der Waals surface area contributed by atoms with E-state index in [4.69, 9.17) is 12.2 Å². The molecule has 0 amide bonds. The fourth-order valence-corrected chi connectivity index (χ4v) is 3.42. The van der Waals surface area contributed by atoms with Gasteiger partial charge in [-0.2, -0.15) is 5.10 Å². The molecule has 7 heteroatoms. The van der Waals surface area contributed by atoms with E-state index in [0.29, 0.717) is 6.54 Å². The zero-order valence-electron chi connectivity index (χ0n) is 15.4. The Morgan fingerprint density at radius 3 is 2.93 bits per heavy atom. The molecule has 2 aromatic rings. The van der Waals surface area contributed by atoms with Gasteiger partial charge in [0.2, 0.25) is 5.88 Å². The minimum absolute atomic E-state index is 0.0855. The number of nitrogens with one attached hydrogen (secondary N) is 2. The van der Waals surface area contributed by atoms with E-state index >= 15 is 0 Å². The van der Waals surface area contributed by atoms with Crippen LogP contribution in [0.25, 0.3) is 0 Å². The summed E-state index contributed by atoms with van der Waals surface area (Å²) in [5, 5.41) is 14.7. The molecule has 0 spiro atoms. The second-order valence-electron chi connectivity index (χ2n) is 6.69. The molecule has 0 atom stereocenters. The molecule has 1 aliphatic rings. The van der Waals surface area contributed by atoms with Crippen LogP contribution in [0.2, 0.25) is 0 Å². The van der Waals surface area contributed by atoms with Crippen molar-refractivity contribution >= 4 is 24.1 Å². The number of aromatic nitrogens is 2. The van der Waals surface area contributed by atoms with Crippen LogP contribution in [0.1, 0.15) is 43.2 Å². The maximum absolute atomic E-state index is 12.2. The third kappa shape index (κ3) is 4.74. The Morgan fingerprint density at radius 2 is 2.19 bits per heavy atom. The van der Waals surface area contributed by atoms with E-state index in [0.717, 1.165) is 30.5 Å². The predicted octanol–water partition coefficient (Wildman–Crippen LogP) is 4.26. The molecule has 0 saturated carbocycles. The molecule has 142 valence electrons. The van der Waals surface area contributed by atoms with E-state index in [1.165, 1.54) is 24.6 Å². The molecule has 1 aliphatic carbocycles. The average Bonchev–Trinajstić information content (AvgIpc) is 2.66. The van der Waals surface area contributed by atoms with Crippen molar-refractivity contribution in [1.29, 1.82) is 0 Å².